The molecule has 1 atom stereocenters. The van der Waals surface area contributed by atoms with Gasteiger partial charge in [0.05, 0.1) is 0 Å². The highest BCUT2D eigenvalue weighted by Gasteiger charge is 2.26. The Kier molecular flexibility index (Phi) is 7.66. The minimum atomic E-state index is -0.592. The molecule has 2 aromatic rings. The number of para-hydroxylation sites is 1. The van der Waals surface area contributed by atoms with Gasteiger partial charge in [-0.1, -0.05) is 46.3 Å². The minimum Gasteiger partial charge on any atom is -0.484 e. The Balaban J connectivity index is 2.11. The van der Waals surface area contributed by atoms with E-state index in [1.54, 1.807) is 19.1 Å². The first-order valence-corrected chi connectivity index (χ1v) is 9.30. The molecule has 0 aliphatic rings. The lowest BCUT2D eigenvalue weighted by molar-refractivity contribution is -0.142. The zero-order valence-electron chi connectivity index (χ0n) is 14.9. The molecule has 138 valence electrons. The predicted octanol–water partition coefficient (Wildman–Crippen LogP) is 3.38. The second-order valence-electron chi connectivity index (χ2n) is 5.82. The Bertz CT molecular complexity index is 720. The van der Waals surface area contributed by atoms with E-state index < -0.39 is 6.04 Å². The lowest BCUT2D eigenvalue weighted by atomic mass is 10.1. The van der Waals surface area contributed by atoms with Gasteiger partial charge < -0.3 is 15.0 Å². The van der Waals surface area contributed by atoms with Gasteiger partial charge in [-0.25, -0.2) is 0 Å². The lowest BCUT2D eigenvalue weighted by Gasteiger charge is -2.28. The second kappa shape index (κ2) is 9.97. The van der Waals surface area contributed by atoms with E-state index in [0.29, 0.717) is 18.8 Å². The highest BCUT2D eigenvalue weighted by Crippen LogP contribution is 2.15. The van der Waals surface area contributed by atoms with E-state index >= 15 is 0 Å². The van der Waals surface area contributed by atoms with Gasteiger partial charge in [-0.3, -0.25) is 9.59 Å². The van der Waals surface area contributed by atoms with Crippen LogP contribution in [0.5, 0.6) is 5.75 Å². The van der Waals surface area contributed by atoms with Crippen molar-refractivity contribution in [2.75, 3.05) is 13.2 Å². The molecule has 1 N–H and O–H groups in total. The van der Waals surface area contributed by atoms with Crippen molar-refractivity contribution >= 4 is 27.7 Å². The number of nitrogens with one attached hydrogen (secondary N) is 1. The topological polar surface area (TPSA) is 58.6 Å². The zero-order valence-corrected chi connectivity index (χ0v) is 16.5. The number of amides is 2. The average Bonchev–Trinajstić information content (AvgIpc) is 2.66. The van der Waals surface area contributed by atoms with Crippen molar-refractivity contribution in [3.63, 3.8) is 0 Å². The van der Waals surface area contributed by atoms with Crippen molar-refractivity contribution in [3.8, 4) is 5.75 Å². The van der Waals surface area contributed by atoms with E-state index in [2.05, 4.69) is 21.2 Å². The number of hydrogen-bond acceptors (Lipinski definition) is 3. The van der Waals surface area contributed by atoms with E-state index in [4.69, 9.17) is 4.74 Å². The molecule has 0 saturated heterocycles. The molecule has 0 bridgehead atoms. The first kappa shape index (κ1) is 20.0. The van der Waals surface area contributed by atoms with E-state index in [-0.39, 0.29) is 18.4 Å². The van der Waals surface area contributed by atoms with Crippen molar-refractivity contribution < 1.29 is 14.3 Å². The number of benzene rings is 2. The Labute approximate surface area is 162 Å². The third-order valence-electron chi connectivity index (χ3n) is 3.89. The van der Waals surface area contributed by atoms with Crippen molar-refractivity contribution in [1.29, 1.82) is 0 Å². The van der Waals surface area contributed by atoms with Crippen LogP contribution in [0.25, 0.3) is 0 Å². The molecule has 6 heteroatoms. The van der Waals surface area contributed by atoms with E-state index in [1.165, 1.54) is 4.90 Å². The summed E-state index contributed by atoms with van der Waals surface area (Å²) in [7, 11) is 0. The average molecular weight is 419 g/mol. The van der Waals surface area contributed by atoms with E-state index in [1.807, 2.05) is 49.4 Å². The Morgan fingerprint density at radius 2 is 1.77 bits per heavy atom. The number of carbonyl (C=O) groups excluding carboxylic acids is 2. The highest BCUT2D eigenvalue weighted by atomic mass is 79.9. The number of ether oxygens (including phenoxy) is 1. The fourth-order valence-electron chi connectivity index (χ4n) is 2.44. The highest BCUT2D eigenvalue weighted by molar-refractivity contribution is 9.10. The molecule has 0 fully saturated rings. The van der Waals surface area contributed by atoms with Crippen LogP contribution in [0.2, 0.25) is 0 Å². The molecule has 0 saturated carbocycles. The van der Waals surface area contributed by atoms with Crippen LogP contribution in [-0.4, -0.2) is 35.9 Å². The van der Waals surface area contributed by atoms with Crippen LogP contribution in [0.15, 0.2) is 59.1 Å². The van der Waals surface area contributed by atoms with Crippen LogP contribution in [0.1, 0.15) is 19.4 Å². The number of carbonyl (C=O) groups is 2. The SMILES string of the molecule is CCNC(=O)C(C)N(Cc1ccc(Br)cc1)C(=O)COc1ccccc1. The summed E-state index contributed by atoms with van der Waals surface area (Å²) in [6.45, 7) is 4.31. The molecule has 0 aromatic heterocycles. The third-order valence-corrected chi connectivity index (χ3v) is 4.42. The molecule has 0 heterocycles. The fourth-order valence-corrected chi connectivity index (χ4v) is 2.70. The summed E-state index contributed by atoms with van der Waals surface area (Å²) in [4.78, 5) is 26.5. The van der Waals surface area contributed by atoms with Gasteiger partial charge in [-0.15, -0.1) is 0 Å². The maximum absolute atomic E-state index is 12.7. The van der Waals surface area contributed by atoms with Crippen LogP contribution in [-0.2, 0) is 16.1 Å². The van der Waals surface area contributed by atoms with E-state index in [9.17, 15) is 9.59 Å². The number of rotatable bonds is 8. The summed E-state index contributed by atoms with van der Waals surface area (Å²) >= 11 is 3.40. The largest absolute Gasteiger partial charge is 0.484 e. The maximum atomic E-state index is 12.7. The second-order valence-corrected chi connectivity index (χ2v) is 6.74. The molecule has 2 rings (SSSR count). The number of nitrogens with zero attached hydrogens (tertiary/aromatic N) is 1. The molecule has 0 radical (unpaired) electrons. The Morgan fingerprint density at radius 3 is 2.38 bits per heavy atom. The molecular formula is C20H23BrN2O3. The Morgan fingerprint density at radius 1 is 1.12 bits per heavy atom. The van der Waals surface area contributed by atoms with Gasteiger partial charge in [-0.05, 0) is 43.7 Å². The lowest BCUT2D eigenvalue weighted by Crippen LogP contribution is -2.49. The van der Waals surface area contributed by atoms with Gasteiger partial charge in [0, 0.05) is 17.6 Å². The molecule has 26 heavy (non-hydrogen) atoms. The quantitative estimate of drug-likeness (QED) is 0.714. The summed E-state index contributed by atoms with van der Waals surface area (Å²) < 4.78 is 6.53. The predicted molar refractivity (Wildman–Crippen MR) is 105 cm³/mol. The number of halogens is 1. The van der Waals surface area contributed by atoms with E-state index in [0.717, 1.165) is 10.0 Å². The van der Waals surface area contributed by atoms with Gasteiger partial charge in [0.15, 0.2) is 6.61 Å². The van der Waals surface area contributed by atoms with Gasteiger partial charge in [0.1, 0.15) is 11.8 Å². The molecule has 2 aromatic carbocycles. The first-order chi connectivity index (χ1) is 12.5. The monoisotopic (exact) mass is 418 g/mol. The van der Waals surface area contributed by atoms with Crippen molar-refractivity contribution in [3.05, 3.63) is 64.6 Å². The maximum Gasteiger partial charge on any atom is 0.261 e. The third kappa shape index (κ3) is 5.88. The van der Waals surface area contributed by atoms with Gasteiger partial charge in [0.25, 0.3) is 5.91 Å². The summed E-state index contributed by atoms with van der Waals surface area (Å²) in [5.74, 6) is 0.198. The molecule has 0 aliphatic heterocycles. The van der Waals surface area contributed by atoms with Crippen LogP contribution < -0.4 is 10.1 Å². The minimum absolute atomic E-state index is 0.121. The normalized spacial score (nSPS) is 11.5. The molecule has 5 nitrogen and oxygen atoms in total. The first-order valence-electron chi connectivity index (χ1n) is 8.50. The smallest absolute Gasteiger partial charge is 0.261 e. The van der Waals surface area contributed by atoms with Crippen LogP contribution in [0, 0.1) is 0 Å². The zero-order chi connectivity index (χ0) is 18.9. The molecule has 0 spiro atoms. The molecule has 2 amide bonds. The van der Waals surface area contributed by atoms with Crippen molar-refractivity contribution in [2.24, 2.45) is 0 Å². The summed E-state index contributed by atoms with van der Waals surface area (Å²) in [6, 6.07) is 16.2. The fraction of sp³-hybridized carbons (Fsp3) is 0.300. The van der Waals surface area contributed by atoms with Crippen molar-refractivity contribution in [1.82, 2.24) is 10.2 Å². The summed E-state index contributed by atoms with van der Waals surface area (Å²) in [5.41, 5.74) is 0.942. The van der Waals surface area contributed by atoms with Crippen LogP contribution in [0.4, 0.5) is 0 Å². The molecule has 1 unspecified atom stereocenters. The standard InChI is InChI=1S/C20H23BrN2O3/c1-3-22-20(25)15(2)23(13-16-9-11-17(21)12-10-16)19(24)14-26-18-7-5-4-6-8-18/h4-12,15H,3,13-14H2,1-2H3,(H,22,25). The summed E-state index contributed by atoms with van der Waals surface area (Å²) in [5, 5.41) is 2.77. The van der Waals surface area contributed by atoms with Gasteiger partial charge in [-0.2, -0.15) is 0 Å². The van der Waals surface area contributed by atoms with Crippen LogP contribution >= 0.6 is 15.9 Å². The van der Waals surface area contributed by atoms with Crippen LogP contribution in [0.3, 0.4) is 0 Å². The molecular weight excluding hydrogens is 396 g/mol. The number of likely N-dealkylation sites (N-methyl/N-ethyl adjacent to an activating group) is 1. The van der Waals surface area contributed by atoms with Crippen molar-refractivity contribution in [2.45, 2.75) is 26.4 Å². The van der Waals surface area contributed by atoms with Gasteiger partial charge >= 0.3 is 0 Å². The van der Waals surface area contributed by atoms with Gasteiger partial charge in [0.2, 0.25) is 5.91 Å². The summed E-state index contributed by atoms with van der Waals surface area (Å²) in [6.07, 6.45) is 0. The molecule has 0 aliphatic carbocycles. The Hall–Kier alpha value is -2.34. The number of hydrogen-bond donors (Lipinski definition) is 1.